The Kier molecular flexibility index (Phi) is 4.93. The molecular formula is C19H19NO2S. The fraction of sp³-hybridized carbons (Fsp3) is 0.211. The van der Waals surface area contributed by atoms with Gasteiger partial charge in [0.1, 0.15) is 5.76 Å². The topological polar surface area (TPSA) is 33.5 Å². The van der Waals surface area contributed by atoms with E-state index < -0.39 is 0 Å². The summed E-state index contributed by atoms with van der Waals surface area (Å²) < 4.78 is 5.42. The van der Waals surface area contributed by atoms with Crippen molar-refractivity contribution in [2.24, 2.45) is 0 Å². The maximum atomic E-state index is 12.9. The van der Waals surface area contributed by atoms with Gasteiger partial charge in [0.25, 0.3) is 5.91 Å². The Hall–Kier alpha value is -2.33. The Morgan fingerprint density at radius 3 is 2.52 bits per heavy atom. The lowest BCUT2D eigenvalue weighted by Gasteiger charge is -2.21. The van der Waals surface area contributed by atoms with Crippen LogP contribution in [0.15, 0.2) is 64.6 Å². The van der Waals surface area contributed by atoms with Crippen LogP contribution in [0.25, 0.3) is 0 Å². The number of benzene rings is 1. The molecule has 3 aromatic rings. The predicted octanol–water partition coefficient (Wildman–Crippen LogP) is 4.75. The Bertz CT molecular complexity index is 694. The highest BCUT2D eigenvalue weighted by atomic mass is 32.1. The van der Waals surface area contributed by atoms with Gasteiger partial charge in [-0.1, -0.05) is 25.1 Å². The van der Waals surface area contributed by atoms with E-state index in [9.17, 15) is 4.79 Å². The van der Waals surface area contributed by atoms with Crippen LogP contribution in [0.4, 0.5) is 0 Å². The molecular weight excluding hydrogens is 306 g/mol. The zero-order chi connectivity index (χ0) is 16.1. The van der Waals surface area contributed by atoms with Crippen LogP contribution >= 0.6 is 11.3 Å². The van der Waals surface area contributed by atoms with E-state index in [1.54, 1.807) is 17.6 Å². The molecule has 1 amide bonds. The van der Waals surface area contributed by atoms with Gasteiger partial charge in [-0.05, 0) is 47.7 Å². The van der Waals surface area contributed by atoms with Crippen LogP contribution in [0, 0.1) is 0 Å². The first-order chi connectivity index (χ1) is 11.3. The first-order valence-corrected chi connectivity index (χ1v) is 8.57. The highest BCUT2D eigenvalue weighted by molar-refractivity contribution is 7.09. The van der Waals surface area contributed by atoms with Gasteiger partial charge in [0, 0.05) is 10.4 Å². The highest BCUT2D eigenvalue weighted by Crippen LogP contribution is 2.18. The Labute approximate surface area is 140 Å². The molecule has 0 spiro atoms. The summed E-state index contributed by atoms with van der Waals surface area (Å²) in [6.07, 6.45) is 2.61. The van der Waals surface area contributed by atoms with Crippen LogP contribution in [0.3, 0.4) is 0 Å². The number of rotatable bonds is 6. The minimum atomic E-state index is 0.0254. The molecule has 0 saturated heterocycles. The summed E-state index contributed by atoms with van der Waals surface area (Å²) in [5.41, 5.74) is 1.95. The molecule has 2 aromatic heterocycles. The van der Waals surface area contributed by atoms with E-state index in [4.69, 9.17) is 4.42 Å². The lowest BCUT2D eigenvalue weighted by molar-refractivity contribution is 0.0719. The van der Waals surface area contributed by atoms with Crippen molar-refractivity contribution in [3.63, 3.8) is 0 Å². The molecule has 0 bridgehead atoms. The van der Waals surface area contributed by atoms with Gasteiger partial charge >= 0.3 is 0 Å². The third kappa shape index (κ3) is 3.90. The van der Waals surface area contributed by atoms with Crippen LogP contribution < -0.4 is 0 Å². The summed E-state index contributed by atoms with van der Waals surface area (Å²) in [4.78, 5) is 15.9. The number of carbonyl (C=O) groups excluding carboxylic acids is 1. The number of carbonyl (C=O) groups is 1. The first kappa shape index (κ1) is 15.6. The molecule has 0 unspecified atom stereocenters. The lowest BCUT2D eigenvalue weighted by Crippen LogP contribution is -2.29. The molecule has 3 rings (SSSR count). The molecule has 4 heteroatoms. The SMILES string of the molecule is CCc1ccc(C(=O)N(Cc2ccco2)Cc2cccs2)cc1. The molecule has 3 nitrogen and oxygen atoms in total. The van der Waals surface area contributed by atoms with E-state index in [-0.39, 0.29) is 5.91 Å². The Morgan fingerprint density at radius 1 is 1.09 bits per heavy atom. The van der Waals surface area contributed by atoms with Gasteiger partial charge in [0.15, 0.2) is 0 Å². The fourth-order valence-corrected chi connectivity index (χ4v) is 3.17. The van der Waals surface area contributed by atoms with Crippen LogP contribution in [0.1, 0.15) is 33.5 Å². The molecule has 0 aliphatic heterocycles. The van der Waals surface area contributed by atoms with Gasteiger partial charge < -0.3 is 9.32 Å². The van der Waals surface area contributed by atoms with Crippen molar-refractivity contribution >= 4 is 17.2 Å². The van der Waals surface area contributed by atoms with E-state index in [1.165, 1.54) is 5.56 Å². The van der Waals surface area contributed by atoms with Gasteiger partial charge in [-0.3, -0.25) is 4.79 Å². The van der Waals surface area contributed by atoms with Crippen molar-refractivity contribution < 1.29 is 9.21 Å². The molecule has 0 radical (unpaired) electrons. The highest BCUT2D eigenvalue weighted by Gasteiger charge is 2.18. The number of hydrogen-bond acceptors (Lipinski definition) is 3. The zero-order valence-corrected chi connectivity index (χ0v) is 13.9. The van der Waals surface area contributed by atoms with Gasteiger partial charge in [-0.2, -0.15) is 0 Å². The van der Waals surface area contributed by atoms with Crippen molar-refractivity contribution in [2.45, 2.75) is 26.4 Å². The van der Waals surface area contributed by atoms with E-state index in [0.717, 1.165) is 17.1 Å². The number of nitrogens with zero attached hydrogens (tertiary/aromatic N) is 1. The summed E-state index contributed by atoms with van der Waals surface area (Å²) >= 11 is 1.66. The quantitative estimate of drug-likeness (QED) is 0.655. The van der Waals surface area contributed by atoms with Crippen LogP contribution in [0.5, 0.6) is 0 Å². The predicted molar refractivity (Wildman–Crippen MR) is 92.4 cm³/mol. The largest absolute Gasteiger partial charge is 0.467 e. The smallest absolute Gasteiger partial charge is 0.254 e. The monoisotopic (exact) mass is 325 g/mol. The number of hydrogen-bond donors (Lipinski definition) is 0. The van der Waals surface area contributed by atoms with Crippen LogP contribution in [-0.2, 0) is 19.5 Å². The maximum absolute atomic E-state index is 12.9. The molecule has 2 heterocycles. The average molecular weight is 325 g/mol. The Balaban J connectivity index is 1.81. The van der Waals surface area contributed by atoms with Crippen molar-refractivity contribution in [2.75, 3.05) is 0 Å². The number of thiophene rings is 1. The maximum Gasteiger partial charge on any atom is 0.254 e. The summed E-state index contributed by atoms with van der Waals surface area (Å²) in [5, 5.41) is 2.03. The van der Waals surface area contributed by atoms with E-state index in [1.807, 2.05) is 58.8 Å². The molecule has 0 atom stereocenters. The summed E-state index contributed by atoms with van der Waals surface area (Å²) in [5.74, 6) is 0.817. The van der Waals surface area contributed by atoms with Gasteiger partial charge in [0.05, 0.1) is 19.4 Å². The van der Waals surface area contributed by atoms with Gasteiger partial charge in [0.2, 0.25) is 0 Å². The van der Waals surface area contributed by atoms with Gasteiger partial charge in [-0.15, -0.1) is 11.3 Å². The second kappa shape index (κ2) is 7.29. The van der Waals surface area contributed by atoms with E-state index >= 15 is 0 Å². The molecule has 0 aliphatic carbocycles. The van der Waals surface area contributed by atoms with Crippen LogP contribution in [0.2, 0.25) is 0 Å². The zero-order valence-electron chi connectivity index (χ0n) is 13.1. The van der Waals surface area contributed by atoms with Crippen molar-refractivity contribution in [1.29, 1.82) is 0 Å². The van der Waals surface area contributed by atoms with Crippen molar-refractivity contribution in [1.82, 2.24) is 4.90 Å². The first-order valence-electron chi connectivity index (χ1n) is 7.69. The average Bonchev–Trinajstić information content (AvgIpc) is 3.27. The molecule has 118 valence electrons. The minimum absolute atomic E-state index is 0.0254. The number of amides is 1. The lowest BCUT2D eigenvalue weighted by atomic mass is 10.1. The molecule has 0 aliphatic rings. The Morgan fingerprint density at radius 2 is 1.91 bits per heavy atom. The summed E-state index contributed by atoms with van der Waals surface area (Å²) in [6, 6.07) is 15.6. The van der Waals surface area contributed by atoms with Gasteiger partial charge in [-0.25, -0.2) is 0 Å². The number of furan rings is 1. The van der Waals surface area contributed by atoms with Crippen molar-refractivity contribution in [3.05, 3.63) is 81.9 Å². The normalized spacial score (nSPS) is 10.7. The third-order valence-corrected chi connectivity index (χ3v) is 4.61. The molecule has 1 aromatic carbocycles. The van der Waals surface area contributed by atoms with E-state index in [2.05, 4.69) is 6.92 Å². The fourth-order valence-electron chi connectivity index (χ4n) is 2.45. The second-order valence-electron chi connectivity index (χ2n) is 5.37. The minimum Gasteiger partial charge on any atom is -0.467 e. The second-order valence-corrected chi connectivity index (χ2v) is 6.40. The molecule has 0 saturated carbocycles. The standard InChI is InChI=1S/C19H19NO2S/c1-2-15-7-9-16(10-8-15)19(21)20(13-17-5-3-11-22-17)14-18-6-4-12-23-18/h3-12H,2,13-14H2,1H3. The van der Waals surface area contributed by atoms with Crippen LogP contribution in [-0.4, -0.2) is 10.8 Å². The molecule has 0 fully saturated rings. The molecule has 0 N–H and O–H groups in total. The van der Waals surface area contributed by atoms with Crippen molar-refractivity contribution in [3.8, 4) is 0 Å². The summed E-state index contributed by atoms with van der Waals surface area (Å²) in [7, 11) is 0. The third-order valence-electron chi connectivity index (χ3n) is 3.75. The van der Waals surface area contributed by atoms with E-state index in [0.29, 0.717) is 18.7 Å². The number of aryl methyl sites for hydroxylation is 1. The molecule has 23 heavy (non-hydrogen) atoms. The summed E-state index contributed by atoms with van der Waals surface area (Å²) in [6.45, 7) is 3.17.